The van der Waals surface area contributed by atoms with Gasteiger partial charge in [-0.2, -0.15) is 0 Å². The summed E-state index contributed by atoms with van der Waals surface area (Å²) in [6.45, 7) is 0. The van der Waals surface area contributed by atoms with Crippen LogP contribution in [0.1, 0.15) is 10.4 Å². The molecule has 0 aliphatic heterocycles. The molecule has 0 spiro atoms. The molecule has 0 N–H and O–H groups in total. The number of halogens is 2. The van der Waals surface area contributed by atoms with Crippen molar-refractivity contribution in [3.8, 4) is 0 Å². The molecule has 0 amide bonds. The summed E-state index contributed by atoms with van der Waals surface area (Å²) in [5.74, 6) is 0. The molecule has 0 unspecified atom stereocenters. The zero-order chi connectivity index (χ0) is 11.2. The highest BCUT2D eigenvalue weighted by Crippen LogP contribution is 2.01. The maximum absolute atomic E-state index is 10.4. The topological polar surface area (TPSA) is 51.2 Å². The first-order valence-electron chi connectivity index (χ1n) is 3.45. The van der Waals surface area contributed by atoms with Crippen LogP contribution in [0.25, 0.3) is 0 Å². The van der Waals surface area contributed by atoms with Gasteiger partial charge in [-0.25, -0.2) is 8.42 Å². The van der Waals surface area contributed by atoms with E-state index in [0.717, 1.165) is 6.26 Å². The summed E-state index contributed by atoms with van der Waals surface area (Å²) in [6.07, 6.45) is 0.925. The lowest BCUT2D eigenvalue weighted by molar-refractivity contribution is 0.108. The van der Waals surface area contributed by atoms with Crippen molar-refractivity contribution in [2.45, 2.75) is 0 Å². The van der Waals surface area contributed by atoms with Crippen molar-refractivity contribution in [3.05, 3.63) is 35.9 Å². The zero-order valence-electron chi connectivity index (χ0n) is 7.28. The fraction of sp³-hybridized carbons (Fsp3) is 0.125. The van der Waals surface area contributed by atoms with Crippen molar-refractivity contribution in [1.82, 2.24) is 0 Å². The van der Waals surface area contributed by atoms with Gasteiger partial charge in [0, 0.05) is 16.2 Å². The third kappa shape index (κ3) is 9.51. The molecule has 0 heterocycles. The molecule has 0 atom stereocenters. The Bertz CT molecular complexity index is 378. The zero-order valence-corrected chi connectivity index (χ0v) is 9.60. The average molecular weight is 255 g/mol. The predicted molar refractivity (Wildman–Crippen MR) is 57.3 cm³/mol. The van der Waals surface area contributed by atoms with Crippen LogP contribution >= 0.6 is 22.3 Å². The lowest BCUT2D eigenvalue weighted by atomic mass is 10.2. The van der Waals surface area contributed by atoms with E-state index in [0.29, 0.717) is 5.56 Å². The summed E-state index contributed by atoms with van der Waals surface area (Å²) in [5, 5.41) is -0.407. The number of hydrogen-bond donors (Lipinski definition) is 0. The molecule has 3 nitrogen and oxygen atoms in total. The molecule has 14 heavy (non-hydrogen) atoms. The fourth-order valence-corrected chi connectivity index (χ4v) is 0.695. The van der Waals surface area contributed by atoms with Crippen LogP contribution in [0.5, 0.6) is 0 Å². The molecule has 1 aromatic carbocycles. The van der Waals surface area contributed by atoms with Gasteiger partial charge in [-0.3, -0.25) is 4.79 Å². The summed E-state index contributed by atoms with van der Waals surface area (Å²) in [6, 6.07) is 8.74. The number of carbonyl (C=O) groups is 1. The number of benzene rings is 1. The molecule has 0 aliphatic rings. The number of rotatable bonds is 1. The summed E-state index contributed by atoms with van der Waals surface area (Å²) >= 11 is 5.16. The standard InChI is InChI=1S/C7H5ClO.CH3ClO2S/c8-7(9)6-4-2-1-3-5-6;1-5(2,3)4/h1-5H;1H3. The first-order chi connectivity index (χ1) is 6.30. The minimum absolute atomic E-state index is 0.407. The van der Waals surface area contributed by atoms with E-state index in [9.17, 15) is 13.2 Å². The van der Waals surface area contributed by atoms with Crippen molar-refractivity contribution in [3.63, 3.8) is 0 Å². The molecular formula is C8H8Cl2O3S. The molecule has 0 aliphatic carbocycles. The molecule has 0 aromatic heterocycles. The SMILES string of the molecule is CS(=O)(=O)Cl.O=C(Cl)c1ccccc1. The quantitative estimate of drug-likeness (QED) is 0.723. The lowest BCUT2D eigenvalue weighted by Gasteiger charge is -1.87. The van der Waals surface area contributed by atoms with Crippen molar-refractivity contribution >= 4 is 36.6 Å². The van der Waals surface area contributed by atoms with E-state index < -0.39 is 14.3 Å². The third-order valence-corrected chi connectivity index (χ3v) is 1.22. The molecule has 0 bridgehead atoms. The Hall–Kier alpha value is -0.580. The van der Waals surface area contributed by atoms with Gasteiger partial charge in [-0.1, -0.05) is 30.3 Å². The molecule has 1 aromatic rings. The molecule has 0 radical (unpaired) electrons. The van der Waals surface area contributed by atoms with Crippen molar-refractivity contribution in [1.29, 1.82) is 0 Å². The van der Waals surface area contributed by atoms with E-state index in [1.54, 1.807) is 24.3 Å². The van der Waals surface area contributed by atoms with Crippen molar-refractivity contribution in [2.24, 2.45) is 0 Å². The normalized spacial score (nSPS) is 9.93. The summed E-state index contributed by atoms with van der Waals surface area (Å²) in [5.41, 5.74) is 0.541. The first kappa shape index (κ1) is 13.4. The second kappa shape index (κ2) is 6.01. The van der Waals surface area contributed by atoms with Crippen LogP contribution in [0.15, 0.2) is 30.3 Å². The number of hydrogen-bond acceptors (Lipinski definition) is 3. The Morgan fingerprint density at radius 2 is 1.57 bits per heavy atom. The lowest BCUT2D eigenvalue weighted by Crippen LogP contribution is -1.84. The fourth-order valence-electron chi connectivity index (χ4n) is 0.569. The van der Waals surface area contributed by atoms with E-state index in [-0.39, 0.29) is 0 Å². The second-order valence-corrected chi connectivity index (χ2v) is 5.71. The van der Waals surface area contributed by atoms with E-state index in [2.05, 4.69) is 10.7 Å². The molecule has 0 saturated carbocycles. The van der Waals surface area contributed by atoms with Gasteiger partial charge in [0.1, 0.15) is 0 Å². The second-order valence-electron chi connectivity index (χ2n) is 2.32. The van der Waals surface area contributed by atoms with Crippen LogP contribution in [0.2, 0.25) is 0 Å². The molecule has 0 fully saturated rings. The van der Waals surface area contributed by atoms with Crippen LogP contribution in [-0.2, 0) is 9.05 Å². The minimum atomic E-state index is -3.19. The maximum Gasteiger partial charge on any atom is 0.252 e. The summed E-state index contributed by atoms with van der Waals surface area (Å²) in [4.78, 5) is 10.4. The minimum Gasteiger partial charge on any atom is -0.276 e. The maximum atomic E-state index is 10.4. The molecule has 78 valence electrons. The van der Waals surface area contributed by atoms with Crippen LogP contribution in [0, 0.1) is 0 Å². The van der Waals surface area contributed by atoms with Crippen LogP contribution in [0.4, 0.5) is 0 Å². The predicted octanol–water partition coefficient (Wildman–Crippen LogP) is 2.25. The molecule has 6 heteroatoms. The van der Waals surface area contributed by atoms with E-state index >= 15 is 0 Å². The Labute approximate surface area is 92.1 Å². The smallest absolute Gasteiger partial charge is 0.252 e. The van der Waals surface area contributed by atoms with Gasteiger partial charge >= 0.3 is 0 Å². The van der Waals surface area contributed by atoms with Gasteiger partial charge in [0.25, 0.3) is 5.24 Å². The summed E-state index contributed by atoms with van der Waals surface area (Å²) in [7, 11) is 1.31. The van der Waals surface area contributed by atoms with Gasteiger partial charge in [-0.05, 0) is 11.6 Å². The summed E-state index contributed by atoms with van der Waals surface area (Å²) < 4.78 is 18.8. The highest BCUT2D eigenvalue weighted by atomic mass is 35.7. The first-order valence-corrected chi connectivity index (χ1v) is 6.55. The Morgan fingerprint density at radius 1 is 1.21 bits per heavy atom. The average Bonchev–Trinajstić information content (AvgIpc) is 2.03. The highest BCUT2D eigenvalue weighted by Gasteiger charge is 1.95. The Kier molecular flexibility index (Phi) is 5.76. The van der Waals surface area contributed by atoms with Gasteiger partial charge < -0.3 is 0 Å². The van der Waals surface area contributed by atoms with Crippen LogP contribution in [-0.4, -0.2) is 19.9 Å². The van der Waals surface area contributed by atoms with Gasteiger partial charge in [0.2, 0.25) is 9.05 Å². The van der Waals surface area contributed by atoms with Crippen LogP contribution in [0.3, 0.4) is 0 Å². The Balaban J connectivity index is 0.000000292. The molecule has 1 rings (SSSR count). The highest BCUT2D eigenvalue weighted by molar-refractivity contribution is 8.13. The Morgan fingerprint density at radius 3 is 1.79 bits per heavy atom. The van der Waals surface area contributed by atoms with E-state index in [1.807, 2.05) is 6.07 Å². The molecule has 0 saturated heterocycles. The van der Waals surface area contributed by atoms with E-state index in [1.165, 1.54) is 0 Å². The van der Waals surface area contributed by atoms with Crippen LogP contribution < -0.4 is 0 Å². The molecular weight excluding hydrogens is 247 g/mol. The van der Waals surface area contributed by atoms with Gasteiger partial charge in [0.15, 0.2) is 0 Å². The van der Waals surface area contributed by atoms with Crippen molar-refractivity contribution in [2.75, 3.05) is 6.26 Å². The van der Waals surface area contributed by atoms with Crippen molar-refractivity contribution < 1.29 is 13.2 Å². The number of carbonyl (C=O) groups excluding carboxylic acids is 1. The van der Waals surface area contributed by atoms with Gasteiger partial charge in [0.05, 0.1) is 6.26 Å². The third-order valence-electron chi connectivity index (χ3n) is 1.00. The monoisotopic (exact) mass is 254 g/mol. The largest absolute Gasteiger partial charge is 0.276 e. The van der Waals surface area contributed by atoms with E-state index in [4.69, 9.17) is 11.6 Å². The van der Waals surface area contributed by atoms with Gasteiger partial charge in [-0.15, -0.1) is 0 Å².